The molecule has 0 radical (unpaired) electrons. The Labute approximate surface area is 117 Å². The van der Waals surface area contributed by atoms with Gasteiger partial charge < -0.3 is 15.8 Å². The average molecular weight is 278 g/mol. The van der Waals surface area contributed by atoms with Crippen LogP contribution in [-0.2, 0) is 4.74 Å². The lowest BCUT2D eigenvalue weighted by atomic mass is 9.68. The van der Waals surface area contributed by atoms with E-state index in [9.17, 15) is 0 Å². The maximum atomic E-state index is 8.85. The van der Waals surface area contributed by atoms with Gasteiger partial charge >= 0.3 is 0 Å². The van der Waals surface area contributed by atoms with E-state index in [4.69, 9.17) is 27.3 Å². The molecule has 1 saturated carbocycles. The number of nitrogens with two attached hydrogens (primary N) is 1. The summed E-state index contributed by atoms with van der Waals surface area (Å²) in [6.45, 7) is 0.820. The van der Waals surface area contributed by atoms with E-state index in [1.807, 2.05) is 12.1 Å². The molecule has 100 valence electrons. The number of nitrogens with zero attached hydrogens (tertiary/aromatic N) is 1. The number of rotatable bonds is 2. The SMILES string of the molecule is N#Cc1ccc(NC2C(N)C3CCCOC32)cc1Cl. The van der Waals surface area contributed by atoms with Gasteiger partial charge in [-0.05, 0) is 31.0 Å². The van der Waals surface area contributed by atoms with Crippen LogP contribution in [0.15, 0.2) is 18.2 Å². The molecule has 0 aromatic heterocycles. The van der Waals surface area contributed by atoms with Crippen molar-refractivity contribution in [2.24, 2.45) is 11.7 Å². The van der Waals surface area contributed by atoms with Crippen LogP contribution in [0.3, 0.4) is 0 Å². The quantitative estimate of drug-likeness (QED) is 0.869. The lowest BCUT2D eigenvalue weighted by Gasteiger charge is -2.52. The molecule has 4 nitrogen and oxygen atoms in total. The molecule has 2 fully saturated rings. The van der Waals surface area contributed by atoms with E-state index in [1.165, 1.54) is 0 Å². The van der Waals surface area contributed by atoms with Gasteiger partial charge in [0.2, 0.25) is 0 Å². The molecule has 19 heavy (non-hydrogen) atoms. The molecule has 1 aromatic carbocycles. The number of halogens is 1. The lowest BCUT2D eigenvalue weighted by molar-refractivity contribution is -0.104. The van der Waals surface area contributed by atoms with E-state index in [2.05, 4.69) is 5.32 Å². The molecule has 3 rings (SSSR count). The Balaban J connectivity index is 1.72. The van der Waals surface area contributed by atoms with Crippen molar-refractivity contribution in [3.63, 3.8) is 0 Å². The van der Waals surface area contributed by atoms with Crippen molar-refractivity contribution in [1.29, 1.82) is 5.26 Å². The Morgan fingerprint density at radius 1 is 1.47 bits per heavy atom. The standard InChI is InChI=1S/C14H16ClN3O/c15-11-6-9(4-3-8(11)7-16)18-13-12(17)10-2-1-5-19-14(10)13/h3-4,6,10,12-14,18H,1-2,5,17H2. The summed E-state index contributed by atoms with van der Waals surface area (Å²) in [7, 11) is 0. The zero-order valence-corrected chi connectivity index (χ0v) is 11.2. The number of nitrogens with one attached hydrogen (secondary N) is 1. The van der Waals surface area contributed by atoms with Gasteiger partial charge in [-0.1, -0.05) is 11.6 Å². The molecule has 4 atom stereocenters. The Kier molecular flexibility index (Phi) is 3.36. The molecule has 1 aliphatic heterocycles. The minimum absolute atomic E-state index is 0.125. The van der Waals surface area contributed by atoms with Crippen LogP contribution in [0.1, 0.15) is 18.4 Å². The summed E-state index contributed by atoms with van der Waals surface area (Å²) < 4.78 is 5.78. The first-order valence-electron chi connectivity index (χ1n) is 6.54. The van der Waals surface area contributed by atoms with Crippen molar-refractivity contribution in [2.45, 2.75) is 31.0 Å². The van der Waals surface area contributed by atoms with Crippen LogP contribution in [0.5, 0.6) is 0 Å². The molecule has 2 aliphatic rings. The van der Waals surface area contributed by atoms with Gasteiger partial charge in [0, 0.05) is 24.3 Å². The van der Waals surface area contributed by atoms with Gasteiger partial charge in [-0.3, -0.25) is 0 Å². The Bertz CT molecular complexity index is 528. The fourth-order valence-electron chi connectivity index (χ4n) is 3.01. The van der Waals surface area contributed by atoms with Gasteiger partial charge in [-0.15, -0.1) is 0 Å². The molecule has 0 amide bonds. The first-order chi connectivity index (χ1) is 9.20. The fourth-order valence-corrected chi connectivity index (χ4v) is 3.24. The maximum Gasteiger partial charge on any atom is 0.101 e. The number of hydrogen-bond donors (Lipinski definition) is 2. The molecule has 0 bridgehead atoms. The molecule has 0 spiro atoms. The highest BCUT2D eigenvalue weighted by Gasteiger charge is 2.50. The number of ether oxygens (including phenoxy) is 1. The molecule has 3 N–H and O–H groups in total. The third-order valence-electron chi connectivity index (χ3n) is 4.10. The van der Waals surface area contributed by atoms with Gasteiger partial charge in [-0.25, -0.2) is 0 Å². The van der Waals surface area contributed by atoms with Crippen LogP contribution in [0, 0.1) is 17.2 Å². The van der Waals surface area contributed by atoms with E-state index in [1.54, 1.807) is 12.1 Å². The van der Waals surface area contributed by atoms with Crippen LogP contribution in [-0.4, -0.2) is 24.8 Å². The molecule has 1 heterocycles. The number of nitriles is 1. The Morgan fingerprint density at radius 2 is 2.32 bits per heavy atom. The predicted octanol–water partition coefficient (Wildman–Crippen LogP) is 2.13. The fraction of sp³-hybridized carbons (Fsp3) is 0.500. The summed E-state index contributed by atoms with van der Waals surface area (Å²) >= 11 is 6.02. The van der Waals surface area contributed by atoms with E-state index in [0.29, 0.717) is 16.5 Å². The number of anilines is 1. The largest absolute Gasteiger partial charge is 0.378 e. The number of hydrogen-bond acceptors (Lipinski definition) is 4. The summed E-state index contributed by atoms with van der Waals surface area (Å²) in [6.07, 6.45) is 2.46. The Hall–Kier alpha value is -1.28. The van der Waals surface area contributed by atoms with Gasteiger partial charge in [0.15, 0.2) is 0 Å². The number of fused-ring (bicyclic) bond motifs is 1. The van der Waals surface area contributed by atoms with Crippen molar-refractivity contribution in [1.82, 2.24) is 0 Å². The minimum Gasteiger partial charge on any atom is -0.378 e. The van der Waals surface area contributed by atoms with Crippen molar-refractivity contribution >= 4 is 17.3 Å². The number of benzene rings is 1. The van der Waals surface area contributed by atoms with Crippen LogP contribution in [0.4, 0.5) is 5.69 Å². The summed E-state index contributed by atoms with van der Waals surface area (Å²) in [4.78, 5) is 0. The van der Waals surface area contributed by atoms with E-state index < -0.39 is 0 Å². The molecule has 1 saturated heterocycles. The van der Waals surface area contributed by atoms with Crippen molar-refractivity contribution in [3.8, 4) is 6.07 Å². The monoisotopic (exact) mass is 277 g/mol. The van der Waals surface area contributed by atoms with Gasteiger partial charge in [-0.2, -0.15) is 5.26 Å². The minimum atomic E-state index is 0.125. The highest BCUT2D eigenvalue weighted by molar-refractivity contribution is 6.32. The first-order valence-corrected chi connectivity index (χ1v) is 6.92. The first kappa shape index (κ1) is 12.7. The Morgan fingerprint density at radius 3 is 3.05 bits per heavy atom. The van der Waals surface area contributed by atoms with Crippen LogP contribution < -0.4 is 11.1 Å². The second-order valence-corrected chi connectivity index (χ2v) is 5.60. The van der Waals surface area contributed by atoms with Gasteiger partial charge in [0.05, 0.1) is 22.7 Å². The van der Waals surface area contributed by atoms with E-state index in [-0.39, 0.29) is 18.2 Å². The normalized spacial score (nSPS) is 32.9. The second kappa shape index (κ2) is 5.01. The summed E-state index contributed by atoms with van der Waals surface area (Å²) in [5, 5.41) is 12.7. The van der Waals surface area contributed by atoms with E-state index >= 15 is 0 Å². The highest BCUT2D eigenvalue weighted by Crippen LogP contribution is 2.38. The summed E-state index contributed by atoms with van der Waals surface area (Å²) in [5.41, 5.74) is 7.56. The molecule has 1 aliphatic carbocycles. The van der Waals surface area contributed by atoms with Gasteiger partial charge in [0.25, 0.3) is 0 Å². The van der Waals surface area contributed by atoms with Crippen molar-refractivity contribution in [3.05, 3.63) is 28.8 Å². The zero-order chi connectivity index (χ0) is 13.4. The smallest absolute Gasteiger partial charge is 0.101 e. The maximum absolute atomic E-state index is 8.85. The van der Waals surface area contributed by atoms with Crippen molar-refractivity contribution in [2.75, 3.05) is 11.9 Å². The highest BCUT2D eigenvalue weighted by atomic mass is 35.5. The third kappa shape index (κ3) is 2.18. The molecule has 1 aromatic rings. The summed E-state index contributed by atoms with van der Waals surface area (Å²) in [6, 6.07) is 7.64. The topological polar surface area (TPSA) is 71.1 Å². The second-order valence-electron chi connectivity index (χ2n) is 5.20. The lowest BCUT2D eigenvalue weighted by Crippen LogP contribution is -2.69. The molecular formula is C14H16ClN3O. The zero-order valence-electron chi connectivity index (χ0n) is 10.5. The molecular weight excluding hydrogens is 262 g/mol. The average Bonchev–Trinajstić information content (AvgIpc) is 2.44. The van der Waals surface area contributed by atoms with Crippen LogP contribution in [0.2, 0.25) is 5.02 Å². The summed E-state index contributed by atoms with van der Waals surface area (Å²) in [5.74, 6) is 0.472. The molecule has 4 unspecified atom stereocenters. The van der Waals surface area contributed by atoms with Gasteiger partial charge in [0.1, 0.15) is 6.07 Å². The molecule has 5 heteroatoms. The third-order valence-corrected chi connectivity index (χ3v) is 4.41. The van der Waals surface area contributed by atoms with E-state index in [0.717, 1.165) is 25.1 Å². The predicted molar refractivity (Wildman–Crippen MR) is 74.0 cm³/mol. The van der Waals surface area contributed by atoms with Crippen LogP contribution in [0.25, 0.3) is 0 Å². The van der Waals surface area contributed by atoms with Crippen LogP contribution >= 0.6 is 11.6 Å². The van der Waals surface area contributed by atoms with Crippen molar-refractivity contribution < 1.29 is 4.74 Å².